The summed E-state index contributed by atoms with van der Waals surface area (Å²) in [5.41, 5.74) is 0.556. The number of nitrogens with one attached hydrogen (secondary N) is 1. The van der Waals surface area contributed by atoms with Gasteiger partial charge in [0.05, 0.1) is 26.1 Å². The molecular formula is C23H33FN2O8S. The van der Waals surface area contributed by atoms with E-state index in [4.69, 9.17) is 13.7 Å². The largest absolute Gasteiger partial charge is 0.496 e. The van der Waals surface area contributed by atoms with Crippen molar-refractivity contribution in [3.05, 3.63) is 23.5 Å². The second-order valence-electron chi connectivity index (χ2n) is 9.02. The Morgan fingerprint density at radius 3 is 2.51 bits per heavy atom. The SMILES string of the molecule is COc1cc(OC2CCC(COS(C)(=O)=O)CC2)c(F)cc1CCNC(=O)[C@@H]1CCCN1C(=O)O. The van der Waals surface area contributed by atoms with Gasteiger partial charge in [0.2, 0.25) is 5.91 Å². The molecule has 0 spiro atoms. The fourth-order valence-corrected chi connectivity index (χ4v) is 5.01. The number of likely N-dealkylation sites (tertiary alicyclic amines) is 1. The molecule has 0 unspecified atom stereocenters. The van der Waals surface area contributed by atoms with Gasteiger partial charge < -0.3 is 19.9 Å². The Kier molecular flexibility index (Phi) is 9.17. The summed E-state index contributed by atoms with van der Waals surface area (Å²) in [7, 11) is -2.00. The monoisotopic (exact) mass is 516 g/mol. The molecule has 2 fully saturated rings. The maximum atomic E-state index is 14.8. The predicted octanol–water partition coefficient (Wildman–Crippen LogP) is 2.55. The Hall–Kier alpha value is -2.60. The van der Waals surface area contributed by atoms with Gasteiger partial charge in [0.25, 0.3) is 10.1 Å². The van der Waals surface area contributed by atoms with Gasteiger partial charge in [-0.15, -0.1) is 0 Å². The minimum Gasteiger partial charge on any atom is -0.496 e. The number of hydrogen-bond acceptors (Lipinski definition) is 7. The van der Waals surface area contributed by atoms with Crippen LogP contribution in [0.15, 0.2) is 12.1 Å². The molecule has 1 aromatic carbocycles. The molecule has 12 heteroatoms. The summed E-state index contributed by atoms with van der Waals surface area (Å²) in [6, 6.07) is 2.12. The highest BCUT2D eigenvalue weighted by molar-refractivity contribution is 7.85. The number of hydrogen-bond donors (Lipinski definition) is 2. The van der Waals surface area contributed by atoms with E-state index in [2.05, 4.69) is 5.32 Å². The first kappa shape index (κ1) is 27.0. The highest BCUT2D eigenvalue weighted by Gasteiger charge is 2.33. The van der Waals surface area contributed by atoms with Crippen LogP contribution in [0.25, 0.3) is 0 Å². The van der Waals surface area contributed by atoms with Crippen LogP contribution >= 0.6 is 0 Å². The summed E-state index contributed by atoms with van der Waals surface area (Å²) >= 11 is 0. The van der Waals surface area contributed by atoms with Crippen LogP contribution in [0, 0.1) is 11.7 Å². The van der Waals surface area contributed by atoms with Crippen molar-refractivity contribution in [2.45, 2.75) is 57.1 Å². The lowest BCUT2D eigenvalue weighted by Crippen LogP contribution is -2.45. The second kappa shape index (κ2) is 11.9. The van der Waals surface area contributed by atoms with Crippen LogP contribution in [0.5, 0.6) is 11.5 Å². The van der Waals surface area contributed by atoms with Gasteiger partial charge in [0.1, 0.15) is 11.8 Å². The van der Waals surface area contributed by atoms with Crippen LogP contribution in [-0.4, -0.2) is 75.6 Å². The molecule has 196 valence electrons. The maximum Gasteiger partial charge on any atom is 0.407 e. The van der Waals surface area contributed by atoms with E-state index in [1.807, 2.05) is 0 Å². The van der Waals surface area contributed by atoms with Crippen LogP contribution in [0.3, 0.4) is 0 Å². The fourth-order valence-electron chi connectivity index (χ4n) is 4.57. The summed E-state index contributed by atoms with van der Waals surface area (Å²) in [5.74, 6) is -0.273. The first-order valence-electron chi connectivity index (χ1n) is 11.7. The van der Waals surface area contributed by atoms with Crippen molar-refractivity contribution in [2.75, 3.05) is 33.1 Å². The predicted molar refractivity (Wildman–Crippen MR) is 125 cm³/mol. The minimum absolute atomic E-state index is 0.0773. The zero-order chi connectivity index (χ0) is 25.6. The molecule has 2 amide bonds. The topological polar surface area (TPSA) is 131 Å². The van der Waals surface area contributed by atoms with Crippen LogP contribution in [0.1, 0.15) is 44.1 Å². The third kappa shape index (κ3) is 7.69. The number of rotatable bonds is 10. The molecule has 35 heavy (non-hydrogen) atoms. The number of carboxylic acid groups (broad SMARTS) is 1. The number of methoxy groups -OCH3 is 1. The average Bonchev–Trinajstić information content (AvgIpc) is 3.30. The highest BCUT2D eigenvalue weighted by Crippen LogP contribution is 2.33. The summed E-state index contributed by atoms with van der Waals surface area (Å²) in [6.07, 6.45) is 3.89. The molecule has 0 bridgehead atoms. The molecule has 1 heterocycles. The highest BCUT2D eigenvalue weighted by atomic mass is 32.2. The number of halogens is 1. The Labute approximate surface area is 204 Å². The van der Waals surface area contributed by atoms with Crippen molar-refractivity contribution in [1.82, 2.24) is 10.2 Å². The van der Waals surface area contributed by atoms with Gasteiger partial charge in [-0.05, 0) is 62.5 Å². The second-order valence-corrected chi connectivity index (χ2v) is 10.7. The molecule has 1 saturated heterocycles. The standard InChI is InChI=1S/C23H33FN2O8S/c1-32-20-13-21(34-17-7-5-15(6-8-17)14-33-35(2,30)31)18(24)12-16(20)9-10-25-22(27)19-4-3-11-26(19)23(28)29/h12-13,15,17,19H,3-11,14H2,1-2H3,(H,25,27)(H,28,29)/t15?,17?,19-/m0/s1. The van der Waals surface area contributed by atoms with Crippen LogP contribution < -0.4 is 14.8 Å². The smallest absolute Gasteiger partial charge is 0.407 e. The average molecular weight is 517 g/mol. The molecule has 1 saturated carbocycles. The van der Waals surface area contributed by atoms with Gasteiger partial charge in [0, 0.05) is 19.2 Å². The summed E-state index contributed by atoms with van der Waals surface area (Å²) in [5, 5.41) is 11.9. The molecule has 1 aliphatic heterocycles. The van der Waals surface area contributed by atoms with Crippen molar-refractivity contribution in [3.63, 3.8) is 0 Å². The lowest BCUT2D eigenvalue weighted by Gasteiger charge is -2.29. The first-order chi connectivity index (χ1) is 16.6. The number of ether oxygens (including phenoxy) is 2. The van der Waals surface area contributed by atoms with E-state index in [1.165, 1.54) is 19.2 Å². The van der Waals surface area contributed by atoms with Crippen molar-refractivity contribution < 1.29 is 41.2 Å². The zero-order valence-electron chi connectivity index (χ0n) is 20.0. The van der Waals surface area contributed by atoms with E-state index in [0.29, 0.717) is 50.0 Å². The van der Waals surface area contributed by atoms with Crippen LogP contribution in [0.4, 0.5) is 9.18 Å². The Balaban J connectivity index is 1.52. The number of benzene rings is 1. The van der Waals surface area contributed by atoms with E-state index in [-0.39, 0.29) is 36.8 Å². The normalized spacial score (nSPS) is 22.6. The van der Waals surface area contributed by atoms with Crippen LogP contribution in [-0.2, 0) is 25.5 Å². The third-order valence-electron chi connectivity index (χ3n) is 6.43. The lowest BCUT2D eigenvalue weighted by atomic mass is 9.88. The van der Waals surface area contributed by atoms with Crippen molar-refractivity contribution >= 4 is 22.1 Å². The third-order valence-corrected chi connectivity index (χ3v) is 7.00. The first-order valence-corrected chi connectivity index (χ1v) is 13.5. The lowest BCUT2D eigenvalue weighted by molar-refractivity contribution is -0.124. The molecule has 1 aromatic rings. The molecule has 1 aliphatic carbocycles. The summed E-state index contributed by atoms with van der Waals surface area (Å²) < 4.78 is 53.3. The van der Waals surface area contributed by atoms with E-state index in [9.17, 15) is 27.5 Å². The molecule has 0 aromatic heterocycles. The number of carbonyl (C=O) groups excluding carboxylic acids is 1. The van der Waals surface area contributed by atoms with Crippen molar-refractivity contribution in [1.29, 1.82) is 0 Å². The molecular weight excluding hydrogens is 483 g/mol. The summed E-state index contributed by atoms with van der Waals surface area (Å²) in [4.78, 5) is 24.8. The van der Waals surface area contributed by atoms with Gasteiger partial charge in [0.15, 0.2) is 11.6 Å². The molecule has 1 atom stereocenters. The van der Waals surface area contributed by atoms with Gasteiger partial charge in [-0.1, -0.05) is 0 Å². The van der Waals surface area contributed by atoms with E-state index >= 15 is 0 Å². The van der Waals surface area contributed by atoms with E-state index in [1.54, 1.807) is 0 Å². The number of nitrogens with zero attached hydrogens (tertiary/aromatic N) is 1. The molecule has 2 N–H and O–H groups in total. The quantitative estimate of drug-likeness (QED) is 0.454. The molecule has 3 rings (SSSR count). The van der Waals surface area contributed by atoms with E-state index < -0.39 is 28.1 Å². The number of carbonyl (C=O) groups is 2. The van der Waals surface area contributed by atoms with E-state index in [0.717, 1.165) is 24.0 Å². The zero-order valence-corrected chi connectivity index (χ0v) is 20.8. The van der Waals surface area contributed by atoms with Gasteiger partial charge in [-0.3, -0.25) is 13.9 Å². The number of amides is 2. The van der Waals surface area contributed by atoms with Crippen molar-refractivity contribution in [2.24, 2.45) is 5.92 Å². The summed E-state index contributed by atoms with van der Waals surface area (Å²) in [6.45, 7) is 0.691. The molecule has 10 nitrogen and oxygen atoms in total. The molecule has 0 radical (unpaired) electrons. The van der Waals surface area contributed by atoms with Gasteiger partial charge in [-0.2, -0.15) is 8.42 Å². The van der Waals surface area contributed by atoms with Crippen molar-refractivity contribution in [3.8, 4) is 11.5 Å². The Morgan fingerprint density at radius 2 is 1.89 bits per heavy atom. The maximum absolute atomic E-state index is 14.8. The Morgan fingerprint density at radius 1 is 1.17 bits per heavy atom. The van der Waals surface area contributed by atoms with Gasteiger partial charge >= 0.3 is 6.09 Å². The van der Waals surface area contributed by atoms with Crippen LogP contribution in [0.2, 0.25) is 0 Å². The minimum atomic E-state index is -3.47. The fraction of sp³-hybridized carbons (Fsp3) is 0.652. The molecule has 2 aliphatic rings. The Bertz CT molecular complexity index is 1010. The van der Waals surface area contributed by atoms with Gasteiger partial charge in [-0.25, -0.2) is 9.18 Å².